The van der Waals surface area contributed by atoms with Crippen LogP contribution in [0.5, 0.6) is 0 Å². The van der Waals surface area contributed by atoms with E-state index in [4.69, 9.17) is 0 Å². The monoisotopic (exact) mass is 362 g/mol. The summed E-state index contributed by atoms with van der Waals surface area (Å²) in [6.07, 6.45) is 1.73. The van der Waals surface area contributed by atoms with Crippen molar-refractivity contribution in [2.75, 3.05) is 21.5 Å². The van der Waals surface area contributed by atoms with Crippen molar-refractivity contribution < 1.29 is 13.2 Å². The lowest BCUT2D eigenvalue weighted by atomic mass is 10.3. The normalized spacial score (nSPS) is 10.8. The number of hydrogen-bond donors (Lipinski definition) is 2. The van der Waals surface area contributed by atoms with Gasteiger partial charge in [0, 0.05) is 11.4 Å². The van der Waals surface area contributed by atoms with E-state index in [9.17, 15) is 13.2 Å². The van der Waals surface area contributed by atoms with Gasteiger partial charge in [-0.2, -0.15) is 0 Å². The Morgan fingerprint density at radius 3 is 2.50 bits per heavy atom. The maximum Gasteiger partial charge on any atom is 0.261 e. The lowest BCUT2D eigenvalue weighted by Crippen LogP contribution is -2.15. The van der Waals surface area contributed by atoms with Gasteiger partial charge in [-0.1, -0.05) is 30.3 Å². The zero-order chi connectivity index (χ0) is 17.4. The van der Waals surface area contributed by atoms with E-state index in [0.717, 1.165) is 0 Å². The highest BCUT2D eigenvalue weighted by Gasteiger charge is 2.13. The van der Waals surface area contributed by atoms with E-state index in [0.29, 0.717) is 22.9 Å². The Hall–Kier alpha value is -2.25. The van der Waals surface area contributed by atoms with Gasteiger partial charge in [0.15, 0.2) is 0 Å². The molecule has 0 aromatic heterocycles. The van der Waals surface area contributed by atoms with Crippen molar-refractivity contribution in [3.63, 3.8) is 0 Å². The van der Waals surface area contributed by atoms with Gasteiger partial charge in [0.05, 0.1) is 16.3 Å². The maximum atomic E-state index is 12.3. The van der Waals surface area contributed by atoms with Crippen LogP contribution in [0.2, 0.25) is 0 Å². The standard InChI is InChI=1S/C17H18N2O3S2/c1-2-11-23-13-17(20)18-14-7-6-8-15(12-14)19-24(21,22)16-9-4-3-5-10-16/h2-10,12,19H,1,11,13H2,(H,18,20). The van der Waals surface area contributed by atoms with Gasteiger partial charge in [-0.3, -0.25) is 9.52 Å². The third-order valence-electron chi connectivity index (χ3n) is 2.92. The number of anilines is 2. The van der Waals surface area contributed by atoms with E-state index in [1.807, 2.05) is 0 Å². The Balaban J connectivity index is 2.05. The molecule has 126 valence electrons. The summed E-state index contributed by atoms with van der Waals surface area (Å²) in [5, 5.41) is 2.74. The predicted molar refractivity (Wildman–Crippen MR) is 99.8 cm³/mol. The third-order valence-corrected chi connectivity index (χ3v) is 5.26. The van der Waals surface area contributed by atoms with Gasteiger partial charge in [0.25, 0.3) is 10.0 Å². The SMILES string of the molecule is C=CCSCC(=O)Nc1cccc(NS(=O)(=O)c2ccccc2)c1. The molecule has 0 aliphatic carbocycles. The van der Waals surface area contributed by atoms with E-state index in [1.54, 1.807) is 48.5 Å². The van der Waals surface area contributed by atoms with Crippen LogP contribution in [-0.4, -0.2) is 25.8 Å². The van der Waals surface area contributed by atoms with Gasteiger partial charge in [0.2, 0.25) is 5.91 Å². The minimum atomic E-state index is -3.65. The van der Waals surface area contributed by atoms with Crippen LogP contribution in [0.15, 0.2) is 72.1 Å². The van der Waals surface area contributed by atoms with E-state index in [1.165, 1.54) is 23.9 Å². The van der Waals surface area contributed by atoms with Crippen molar-refractivity contribution in [2.45, 2.75) is 4.90 Å². The summed E-state index contributed by atoms with van der Waals surface area (Å²) >= 11 is 1.45. The summed E-state index contributed by atoms with van der Waals surface area (Å²) in [5.41, 5.74) is 0.919. The van der Waals surface area contributed by atoms with E-state index in [-0.39, 0.29) is 10.8 Å². The number of thioether (sulfide) groups is 1. The van der Waals surface area contributed by atoms with Crippen molar-refractivity contribution in [3.8, 4) is 0 Å². The molecule has 24 heavy (non-hydrogen) atoms. The first-order chi connectivity index (χ1) is 11.5. The zero-order valence-corrected chi connectivity index (χ0v) is 14.6. The highest BCUT2D eigenvalue weighted by Crippen LogP contribution is 2.19. The van der Waals surface area contributed by atoms with Crippen LogP contribution in [0.25, 0.3) is 0 Å². The fourth-order valence-electron chi connectivity index (χ4n) is 1.91. The largest absolute Gasteiger partial charge is 0.325 e. The molecule has 0 heterocycles. The fraction of sp³-hybridized carbons (Fsp3) is 0.118. The molecule has 0 radical (unpaired) electrons. The molecule has 5 nitrogen and oxygen atoms in total. The van der Waals surface area contributed by atoms with Crippen LogP contribution in [0.4, 0.5) is 11.4 Å². The summed E-state index contributed by atoms with van der Waals surface area (Å²) in [7, 11) is -3.65. The summed E-state index contributed by atoms with van der Waals surface area (Å²) in [4.78, 5) is 12.0. The number of amides is 1. The van der Waals surface area contributed by atoms with Gasteiger partial charge in [-0.15, -0.1) is 18.3 Å². The molecule has 2 aromatic carbocycles. The Morgan fingerprint density at radius 1 is 1.08 bits per heavy atom. The lowest BCUT2D eigenvalue weighted by Gasteiger charge is -2.10. The Morgan fingerprint density at radius 2 is 1.79 bits per heavy atom. The third kappa shape index (κ3) is 5.43. The average molecular weight is 362 g/mol. The number of rotatable bonds is 8. The number of hydrogen-bond acceptors (Lipinski definition) is 4. The second-order valence-electron chi connectivity index (χ2n) is 4.85. The van der Waals surface area contributed by atoms with Crippen molar-refractivity contribution in [3.05, 3.63) is 67.3 Å². The predicted octanol–water partition coefficient (Wildman–Crippen LogP) is 3.35. The number of carbonyl (C=O) groups is 1. The minimum absolute atomic E-state index is 0.148. The molecule has 0 aliphatic rings. The van der Waals surface area contributed by atoms with Crippen molar-refractivity contribution in [1.82, 2.24) is 0 Å². The molecule has 0 atom stereocenters. The van der Waals surface area contributed by atoms with Gasteiger partial charge in [-0.05, 0) is 30.3 Å². The maximum absolute atomic E-state index is 12.3. The van der Waals surface area contributed by atoms with Gasteiger partial charge in [-0.25, -0.2) is 8.42 Å². The van der Waals surface area contributed by atoms with E-state index < -0.39 is 10.0 Å². The molecular formula is C17H18N2O3S2. The Labute approximate surface area is 146 Å². The topological polar surface area (TPSA) is 75.3 Å². The summed E-state index contributed by atoms with van der Waals surface area (Å²) in [6.45, 7) is 3.59. The van der Waals surface area contributed by atoms with Crippen LogP contribution < -0.4 is 10.0 Å². The highest BCUT2D eigenvalue weighted by molar-refractivity contribution is 8.00. The van der Waals surface area contributed by atoms with Gasteiger partial charge in [0.1, 0.15) is 0 Å². The molecule has 1 amide bonds. The first kappa shape index (κ1) is 18.1. The Kier molecular flexibility index (Phi) is 6.45. The molecule has 2 rings (SSSR count). The Bertz CT molecular complexity index is 806. The molecule has 0 unspecified atom stereocenters. The number of carbonyl (C=O) groups excluding carboxylic acids is 1. The molecular weight excluding hydrogens is 344 g/mol. The molecule has 2 N–H and O–H groups in total. The average Bonchev–Trinajstić information content (AvgIpc) is 2.56. The van der Waals surface area contributed by atoms with Crippen molar-refractivity contribution >= 4 is 39.1 Å². The molecule has 0 spiro atoms. The van der Waals surface area contributed by atoms with Crippen LogP contribution in [0.1, 0.15) is 0 Å². The first-order valence-corrected chi connectivity index (χ1v) is 9.81. The summed E-state index contributed by atoms with van der Waals surface area (Å²) < 4.78 is 27.1. The smallest absolute Gasteiger partial charge is 0.261 e. The second kappa shape index (κ2) is 8.56. The molecule has 0 bridgehead atoms. The first-order valence-electron chi connectivity index (χ1n) is 7.18. The minimum Gasteiger partial charge on any atom is -0.325 e. The highest BCUT2D eigenvalue weighted by atomic mass is 32.2. The molecule has 0 fully saturated rings. The van der Waals surface area contributed by atoms with Gasteiger partial charge >= 0.3 is 0 Å². The zero-order valence-electron chi connectivity index (χ0n) is 12.9. The van der Waals surface area contributed by atoms with E-state index >= 15 is 0 Å². The van der Waals surface area contributed by atoms with Crippen LogP contribution in [0.3, 0.4) is 0 Å². The number of nitrogens with one attached hydrogen (secondary N) is 2. The quantitative estimate of drug-likeness (QED) is 0.558. The van der Waals surface area contributed by atoms with Crippen LogP contribution in [-0.2, 0) is 14.8 Å². The van der Waals surface area contributed by atoms with Crippen molar-refractivity contribution in [2.24, 2.45) is 0 Å². The molecule has 0 saturated heterocycles. The molecule has 2 aromatic rings. The summed E-state index contributed by atoms with van der Waals surface area (Å²) in [5.74, 6) is 0.862. The van der Waals surface area contributed by atoms with Crippen LogP contribution >= 0.6 is 11.8 Å². The van der Waals surface area contributed by atoms with Gasteiger partial charge < -0.3 is 5.32 Å². The van der Waals surface area contributed by atoms with Crippen molar-refractivity contribution in [1.29, 1.82) is 0 Å². The lowest BCUT2D eigenvalue weighted by molar-refractivity contribution is -0.113. The molecule has 0 saturated carbocycles. The number of sulfonamides is 1. The fourth-order valence-corrected chi connectivity index (χ4v) is 3.52. The second-order valence-corrected chi connectivity index (χ2v) is 7.56. The van der Waals surface area contributed by atoms with Crippen LogP contribution in [0, 0.1) is 0 Å². The summed E-state index contributed by atoms with van der Waals surface area (Å²) in [6, 6.07) is 14.7. The molecule has 7 heteroatoms. The number of benzene rings is 2. The van der Waals surface area contributed by atoms with E-state index in [2.05, 4.69) is 16.6 Å². The molecule has 0 aliphatic heterocycles.